The van der Waals surface area contributed by atoms with Crippen LogP contribution in [0, 0.1) is 17.7 Å². The van der Waals surface area contributed by atoms with Crippen LogP contribution in [0.1, 0.15) is 30.4 Å². The van der Waals surface area contributed by atoms with E-state index in [1.807, 2.05) is 24.3 Å². The third-order valence-electron chi connectivity index (χ3n) is 3.51. The van der Waals surface area contributed by atoms with Crippen molar-refractivity contribution in [2.45, 2.75) is 26.2 Å². The highest BCUT2D eigenvalue weighted by molar-refractivity contribution is 5.94. The van der Waals surface area contributed by atoms with Crippen molar-refractivity contribution < 1.29 is 9.47 Å². The van der Waals surface area contributed by atoms with Crippen molar-refractivity contribution in [3.63, 3.8) is 0 Å². The Hall–Kier alpha value is -3.02. The van der Waals surface area contributed by atoms with E-state index >= 15 is 0 Å². The van der Waals surface area contributed by atoms with Crippen molar-refractivity contribution in [1.82, 2.24) is 0 Å². The summed E-state index contributed by atoms with van der Waals surface area (Å²) in [6, 6.07) is 15.4. The van der Waals surface area contributed by atoms with Gasteiger partial charge in [0.15, 0.2) is 0 Å². The summed E-state index contributed by atoms with van der Waals surface area (Å²) in [7, 11) is 0. The second kappa shape index (κ2) is 12.4. The molecule has 2 rings (SSSR count). The van der Waals surface area contributed by atoms with E-state index in [9.17, 15) is 0 Å². The van der Waals surface area contributed by atoms with Gasteiger partial charge in [-0.05, 0) is 62.6 Å². The number of benzene rings is 2. The predicted octanol–water partition coefficient (Wildman–Crippen LogP) is 3.46. The molecule has 0 saturated heterocycles. The lowest BCUT2D eigenvalue weighted by Gasteiger charge is -2.08. The van der Waals surface area contributed by atoms with Gasteiger partial charge in [0.1, 0.15) is 17.3 Å². The first-order valence-electron chi connectivity index (χ1n) is 8.54. The highest BCUT2D eigenvalue weighted by atomic mass is 16.5. The Labute approximate surface area is 155 Å². The molecule has 0 fully saturated rings. The van der Waals surface area contributed by atoms with Gasteiger partial charge in [-0.3, -0.25) is 10.8 Å². The zero-order chi connectivity index (χ0) is 19.2. The largest absolute Gasteiger partial charge is 0.494 e. The van der Waals surface area contributed by atoms with Crippen LogP contribution in [0.4, 0.5) is 0 Å². The number of rotatable bonds is 9. The number of nitrogen functional groups attached to an aromatic ring is 1. The number of ether oxygens (including phenoxy) is 2. The van der Waals surface area contributed by atoms with Crippen molar-refractivity contribution in [1.29, 1.82) is 10.8 Å². The Morgan fingerprint density at radius 1 is 0.885 bits per heavy atom. The molecular weight excluding hydrogens is 328 g/mol. The van der Waals surface area contributed by atoms with E-state index < -0.39 is 0 Å². The molecule has 0 aromatic heterocycles. The zero-order valence-corrected chi connectivity index (χ0v) is 15.2. The van der Waals surface area contributed by atoms with Gasteiger partial charge in [-0.1, -0.05) is 17.7 Å². The summed E-state index contributed by atoms with van der Waals surface area (Å²) < 4.78 is 11.4. The van der Waals surface area contributed by atoms with Crippen molar-refractivity contribution in [2.75, 3.05) is 13.2 Å². The van der Waals surface area contributed by atoms with Crippen molar-refractivity contribution in [2.24, 2.45) is 11.5 Å². The summed E-state index contributed by atoms with van der Waals surface area (Å²) in [6.07, 6.45) is 3.82. The molecule has 0 heterocycles. The van der Waals surface area contributed by atoms with E-state index in [0.29, 0.717) is 12.2 Å². The molecule has 0 aliphatic heterocycles. The topological polar surface area (TPSA) is 118 Å². The Kier molecular flexibility index (Phi) is 9.99. The third kappa shape index (κ3) is 8.73. The number of hydrogen-bond donors (Lipinski definition) is 4. The second-order valence-electron chi connectivity index (χ2n) is 5.68. The summed E-state index contributed by atoms with van der Waals surface area (Å²) in [6.45, 7) is 3.48. The Balaban J connectivity index is 0.00000105. The molecule has 0 amide bonds. The molecule has 26 heavy (non-hydrogen) atoms. The lowest BCUT2D eigenvalue weighted by Crippen LogP contribution is -2.10. The van der Waals surface area contributed by atoms with Crippen molar-refractivity contribution >= 4 is 12.2 Å². The van der Waals surface area contributed by atoms with Crippen molar-refractivity contribution in [3.05, 3.63) is 59.7 Å². The van der Waals surface area contributed by atoms with Crippen LogP contribution in [-0.4, -0.2) is 25.4 Å². The first kappa shape index (κ1) is 21.0. The Morgan fingerprint density at radius 2 is 1.31 bits per heavy atom. The van der Waals surface area contributed by atoms with Crippen LogP contribution in [0.25, 0.3) is 0 Å². The lowest BCUT2D eigenvalue weighted by atomic mass is 10.2. The van der Waals surface area contributed by atoms with Gasteiger partial charge in [-0.2, -0.15) is 0 Å². The van der Waals surface area contributed by atoms with Gasteiger partial charge in [-0.25, -0.2) is 0 Å². The van der Waals surface area contributed by atoms with Gasteiger partial charge in [-0.15, -0.1) is 0 Å². The third-order valence-corrected chi connectivity index (χ3v) is 3.51. The average molecular weight is 356 g/mol. The number of aryl methyl sites for hydroxylation is 1. The minimum atomic E-state index is 0.0742. The number of unbranched alkanes of at least 4 members (excludes halogenated alkanes) is 2. The fourth-order valence-corrected chi connectivity index (χ4v) is 2.13. The normalized spacial score (nSPS) is 9.58. The first-order chi connectivity index (χ1) is 12.6. The highest BCUT2D eigenvalue weighted by Gasteiger charge is 1.98. The van der Waals surface area contributed by atoms with Crippen LogP contribution in [0.15, 0.2) is 48.5 Å². The van der Waals surface area contributed by atoms with Gasteiger partial charge < -0.3 is 20.9 Å². The van der Waals surface area contributed by atoms with Crippen LogP contribution in [0.2, 0.25) is 0 Å². The van der Waals surface area contributed by atoms with Crippen LogP contribution < -0.4 is 20.9 Å². The fourth-order valence-electron chi connectivity index (χ4n) is 2.13. The van der Waals surface area contributed by atoms with Crippen LogP contribution in [0.3, 0.4) is 0 Å². The smallest absolute Gasteiger partial charge is 0.122 e. The van der Waals surface area contributed by atoms with Gasteiger partial charge in [0, 0.05) is 5.56 Å². The average Bonchev–Trinajstić information content (AvgIpc) is 2.63. The number of nitrogens with one attached hydrogen (secondary N) is 2. The molecule has 6 nitrogen and oxygen atoms in total. The van der Waals surface area contributed by atoms with Crippen LogP contribution >= 0.6 is 0 Å². The van der Waals surface area contributed by atoms with Gasteiger partial charge >= 0.3 is 0 Å². The molecule has 0 atom stereocenters. The minimum Gasteiger partial charge on any atom is -0.494 e. The molecule has 2 aromatic rings. The molecule has 140 valence electrons. The van der Waals surface area contributed by atoms with Gasteiger partial charge in [0.25, 0.3) is 0 Å². The SMILES string of the molecule is Cc1ccc(OCCCCCOc2ccc(C(=N)N)cc2)cc1.N=CN. The molecular formula is C20H28N4O2. The summed E-state index contributed by atoms with van der Waals surface area (Å²) in [5, 5.41) is 13.2. The Bertz CT molecular complexity index is 655. The maximum absolute atomic E-state index is 7.34. The predicted molar refractivity (Wildman–Crippen MR) is 106 cm³/mol. The molecule has 0 bridgehead atoms. The van der Waals surface area contributed by atoms with E-state index in [0.717, 1.165) is 43.7 Å². The molecule has 0 saturated carbocycles. The maximum atomic E-state index is 7.34. The molecule has 2 aromatic carbocycles. The highest BCUT2D eigenvalue weighted by Crippen LogP contribution is 2.14. The molecule has 6 heteroatoms. The molecule has 0 radical (unpaired) electrons. The second-order valence-corrected chi connectivity index (χ2v) is 5.68. The quantitative estimate of drug-likeness (QED) is 0.312. The summed E-state index contributed by atoms with van der Waals surface area (Å²) in [5.74, 6) is 1.81. The standard InChI is InChI=1S/C19H24N2O2.CH4N2/c1-15-5-9-17(10-6-15)22-13-3-2-4-14-23-18-11-7-16(8-12-18)19(20)21;2-1-3/h5-12H,2-4,13-14H2,1H3,(H3,20,21);1H,(H3,2,3). The number of nitrogens with two attached hydrogens (primary N) is 2. The first-order valence-corrected chi connectivity index (χ1v) is 8.54. The van der Waals surface area contributed by atoms with Gasteiger partial charge in [0.05, 0.1) is 19.6 Å². The summed E-state index contributed by atoms with van der Waals surface area (Å²) >= 11 is 0. The molecule has 0 spiro atoms. The van der Waals surface area contributed by atoms with Crippen molar-refractivity contribution in [3.8, 4) is 11.5 Å². The molecule has 0 aliphatic rings. The van der Waals surface area contributed by atoms with E-state index in [2.05, 4.69) is 24.8 Å². The summed E-state index contributed by atoms with van der Waals surface area (Å²) in [5.41, 5.74) is 11.8. The maximum Gasteiger partial charge on any atom is 0.122 e. The Morgan fingerprint density at radius 3 is 1.73 bits per heavy atom. The number of amidine groups is 1. The minimum absolute atomic E-state index is 0.0742. The monoisotopic (exact) mass is 356 g/mol. The molecule has 0 aliphatic carbocycles. The summed E-state index contributed by atoms with van der Waals surface area (Å²) in [4.78, 5) is 0. The van der Waals surface area contributed by atoms with E-state index in [1.165, 1.54) is 5.56 Å². The van der Waals surface area contributed by atoms with Crippen LogP contribution in [0.5, 0.6) is 11.5 Å². The lowest BCUT2D eigenvalue weighted by molar-refractivity contribution is 0.279. The van der Waals surface area contributed by atoms with Crippen LogP contribution in [-0.2, 0) is 0 Å². The number of hydrogen-bond acceptors (Lipinski definition) is 4. The van der Waals surface area contributed by atoms with E-state index in [4.69, 9.17) is 26.0 Å². The fraction of sp³-hybridized carbons (Fsp3) is 0.300. The van der Waals surface area contributed by atoms with E-state index in [1.54, 1.807) is 12.1 Å². The van der Waals surface area contributed by atoms with E-state index in [-0.39, 0.29) is 5.84 Å². The molecule has 0 unspecified atom stereocenters. The van der Waals surface area contributed by atoms with Gasteiger partial charge in [0.2, 0.25) is 0 Å². The zero-order valence-electron chi connectivity index (χ0n) is 15.2. The molecule has 6 N–H and O–H groups in total.